The fraction of sp³-hybridized carbons (Fsp3) is 0.429. The number of nitrogens with zero attached hydrogens (tertiary/aromatic N) is 2. The molecule has 6 nitrogen and oxygen atoms in total. The number of hydrogen-bond acceptors (Lipinski definition) is 3. The van der Waals surface area contributed by atoms with Crippen molar-refractivity contribution in [3.8, 4) is 0 Å². The first-order chi connectivity index (χ1) is 13.3. The van der Waals surface area contributed by atoms with Crippen LogP contribution in [0.25, 0.3) is 0 Å². The van der Waals surface area contributed by atoms with E-state index in [0.29, 0.717) is 25.5 Å². The van der Waals surface area contributed by atoms with Crippen LogP contribution in [0.4, 0.5) is 4.39 Å². The largest absolute Gasteiger partial charge is 0.469 e. The third-order valence-electron chi connectivity index (χ3n) is 4.42. The number of benzene rings is 1. The molecule has 2 N–H and O–H groups in total. The van der Waals surface area contributed by atoms with E-state index in [2.05, 4.69) is 15.6 Å². The molecule has 160 valence electrons. The molecular formula is C21H30FIN4O2. The number of carbonyl (C=O) groups excluding carboxylic acids is 1. The van der Waals surface area contributed by atoms with Gasteiger partial charge in [0.25, 0.3) is 0 Å². The predicted octanol–water partition coefficient (Wildman–Crippen LogP) is 3.18. The zero-order chi connectivity index (χ0) is 20.6. The fourth-order valence-corrected chi connectivity index (χ4v) is 2.54. The quantitative estimate of drug-likeness (QED) is 0.322. The van der Waals surface area contributed by atoms with Gasteiger partial charge in [-0.15, -0.1) is 24.0 Å². The molecule has 1 aromatic carbocycles. The van der Waals surface area contributed by atoms with Crippen LogP contribution in [0.3, 0.4) is 0 Å². The minimum absolute atomic E-state index is 0. The standard InChI is InChI=1S/C21H29FN4O2.HI/c1-21(2,16-7-5-8-17(22)13-16)15-25-20(24-14-19(27)26(3)4)23-11-10-18-9-6-12-28-18;/h5-9,12-13H,10-11,14-15H2,1-4H3,(H2,23,24,25);1H. The Bertz CT molecular complexity index is 792. The van der Waals surface area contributed by atoms with Crippen LogP contribution < -0.4 is 10.6 Å². The monoisotopic (exact) mass is 516 g/mol. The van der Waals surface area contributed by atoms with E-state index in [1.54, 1.807) is 32.5 Å². The second kappa shape index (κ2) is 11.8. The van der Waals surface area contributed by atoms with Crippen LogP contribution in [0.1, 0.15) is 25.2 Å². The second-order valence-electron chi connectivity index (χ2n) is 7.46. The van der Waals surface area contributed by atoms with Crippen molar-refractivity contribution in [1.82, 2.24) is 15.5 Å². The number of carbonyl (C=O) groups is 1. The molecule has 0 fully saturated rings. The Morgan fingerprint density at radius 3 is 2.59 bits per heavy atom. The summed E-state index contributed by atoms with van der Waals surface area (Å²) < 4.78 is 18.9. The van der Waals surface area contributed by atoms with Crippen molar-refractivity contribution >= 4 is 35.8 Å². The van der Waals surface area contributed by atoms with Crippen molar-refractivity contribution in [2.75, 3.05) is 33.7 Å². The molecule has 0 atom stereocenters. The van der Waals surface area contributed by atoms with Crippen molar-refractivity contribution in [3.63, 3.8) is 0 Å². The van der Waals surface area contributed by atoms with Crippen LogP contribution in [0, 0.1) is 5.82 Å². The summed E-state index contributed by atoms with van der Waals surface area (Å²) in [5, 5.41) is 6.49. The van der Waals surface area contributed by atoms with Gasteiger partial charge in [0.05, 0.1) is 6.26 Å². The number of likely N-dealkylation sites (N-methyl/N-ethyl adjacent to an activating group) is 1. The van der Waals surface area contributed by atoms with Gasteiger partial charge in [-0.25, -0.2) is 9.38 Å². The normalized spacial score (nSPS) is 11.6. The first kappa shape index (κ1) is 24.9. The zero-order valence-electron chi connectivity index (χ0n) is 17.4. The Labute approximate surface area is 189 Å². The molecule has 1 heterocycles. The molecule has 0 spiro atoms. The van der Waals surface area contributed by atoms with Gasteiger partial charge in [-0.3, -0.25) is 4.79 Å². The fourth-order valence-electron chi connectivity index (χ4n) is 2.54. The van der Waals surface area contributed by atoms with Crippen LogP contribution >= 0.6 is 24.0 Å². The van der Waals surface area contributed by atoms with Gasteiger partial charge >= 0.3 is 0 Å². The number of furan rings is 1. The Kier molecular flexibility index (Phi) is 10.1. The number of halogens is 2. The molecule has 8 heteroatoms. The molecule has 0 aliphatic rings. The second-order valence-corrected chi connectivity index (χ2v) is 7.46. The molecule has 0 aliphatic heterocycles. The molecule has 2 aromatic rings. The lowest BCUT2D eigenvalue weighted by molar-refractivity contribution is -0.127. The summed E-state index contributed by atoms with van der Waals surface area (Å²) in [6.07, 6.45) is 2.34. The SMILES string of the molecule is CN(C)C(=O)CN=C(NCCc1ccco1)NCC(C)(C)c1cccc(F)c1.I. The summed E-state index contributed by atoms with van der Waals surface area (Å²) in [4.78, 5) is 17.8. The van der Waals surface area contributed by atoms with E-state index in [1.807, 2.05) is 32.0 Å². The number of nitrogens with one attached hydrogen (secondary N) is 2. The van der Waals surface area contributed by atoms with Crippen LogP contribution in [-0.2, 0) is 16.6 Å². The number of amides is 1. The van der Waals surface area contributed by atoms with Gasteiger partial charge < -0.3 is 20.0 Å². The maximum Gasteiger partial charge on any atom is 0.243 e. The van der Waals surface area contributed by atoms with Crippen LogP contribution in [0.2, 0.25) is 0 Å². The Balaban J connectivity index is 0.00000420. The van der Waals surface area contributed by atoms with E-state index in [-0.39, 0.29) is 47.7 Å². The third kappa shape index (κ3) is 8.43. The van der Waals surface area contributed by atoms with Gasteiger partial charge in [-0.1, -0.05) is 26.0 Å². The molecule has 0 radical (unpaired) electrons. The Hall–Kier alpha value is -2.10. The molecule has 0 bridgehead atoms. The third-order valence-corrected chi connectivity index (χ3v) is 4.42. The topological polar surface area (TPSA) is 69.9 Å². The maximum atomic E-state index is 13.6. The highest BCUT2D eigenvalue weighted by Crippen LogP contribution is 2.22. The molecule has 0 saturated heterocycles. The average Bonchev–Trinajstić information content (AvgIpc) is 3.16. The van der Waals surface area contributed by atoms with E-state index < -0.39 is 0 Å². The van der Waals surface area contributed by atoms with E-state index in [1.165, 1.54) is 11.0 Å². The highest BCUT2D eigenvalue weighted by molar-refractivity contribution is 14.0. The summed E-state index contributed by atoms with van der Waals surface area (Å²) in [5.74, 6) is 1.06. The maximum absolute atomic E-state index is 13.6. The minimum atomic E-state index is -0.322. The van der Waals surface area contributed by atoms with Crippen LogP contribution in [0.15, 0.2) is 52.1 Å². The number of aliphatic imine (C=N–C) groups is 1. The minimum Gasteiger partial charge on any atom is -0.469 e. The molecule has 29 heavy (non-hydrogen) atoms. The Morgan fingerprint density at radius 1 is 1.21 bits per heavy atom. The first-order valence-electron chi connectivity index (χ1n) is 9.29. The van der Waals surface area contributed by atoms with E-state index in [9.17, 15) is 9.18 Å². The lowest BCUT2D eigenvalue weighted by Gasteiger charge is -2.27. The molecule has 0 saturated carbocycles. The summed E-state index contributed by atoms with van der Waals surface area (Å²) >= 11 is 0. The summed E-state index contributed by atoms with van der Waals surface area (Å²) in [6.45, 7) is 5.24. The molecular weight excluding hydrogens is 486 g/mol. The molecule has 1 aromatic heterocycles. The van der Waals surface area contributed by atoms with Crippen LogP contribution in [-0.4, -0.2) is 50.5 Å². The van der Waals surface area contributed by atoms with Gasteiger partial charge in [-0.2, -0.15) is 0 Å². The number of guanidine groups is 1. The van der Waals surface area contributed by atoms with E-state index >= 15 is 0 Å². The molecule has 0 aliphatic carbocycles. The van der Waals surface area contributed by atoms with Crippen molar-refractivity contribution in [2.24, 2.45) is 4.99 Å². The van der Waals surface area contributed by atoms with Gasteiger partial charge in [0.15, 0.2) is 5.96 Å². The van der Waals surface area contributed by atoms with Gasteiger partial charge in [0.2, 0.25) is 5.91 Å². The van der Waals surface area contributed by atoms with Crippen molar-refractivity contribution in [1.29, 1.82) is 0 Å². The lowest BCUT2D eigenvalue weighted by atomic mass is 9.84. The van der Waals surface area contributed by atoms with Gasteiger partial charge in [0, 0.05) is 39.0 Å². The zero-order valence-corrected chi connectivity index (χ0v) is 19.7. The average molecular weight is 516 g/mol. The smallest absolute Gasteiger partial charge is 0.243 e. The molecule has 0 unspecified atom stereocenters. The van der Waals surface area contributed by atoms with Crippen molar-refractivity contribution in [3.05, 3.63) is 59.8 Å². The van der Waals surface area contributed by atoms with Crippen molar-refractivity contribution < 1.29 is 13.6 Å². The lowest BCUT2D eigenvalue weighted by Crippen LogP contribution is -2.44. The molecule has 2 rings (SSSR count). The summed E-state index contributed by atoms with van der Waals surface area (Å²) in [7, 11) is 3.39. The van der Waals surface area contributed by atoms with Crippen LogP contribution in [0.5, 0.6) is 0 Å². The van der Waals surface area contributed by atoms with Gasteiger partial charge in [-0.05, 0) is 29.8 Å². The number of hydrogen-bond donors (Lipinski definition) is 2. The first-order valence-corrected chi connectivity index (χ1v) is 9.29. The van der Waals surface area contributed by atoms with E-state index in [4.69, 9.17) is 4.42 Å². The highest BCUT2D eigenvalue weighted by atomic mass is 127. The van der Waals surface area contributed by atoms with E-state index in [0.717, 1.165) is 11.3 Å². The summed E-state index contributed by atoms with van der Waals surface area (Å²) in [5.41, 5.74) is 0.566. The molecule has 1 amide bonds. The highest BCUT2D eigenvalue weighted by Gasteiger charge is 2.21. The van der Waals surface area contributed by atoms with Crippen molar-refractivity contribution in [2.45, 2.75) is 25.7 Å². The Morgan fingerprint density at radius 2 is 1.97 bits per heavy atom. The van der Waals surface area contributed by atoms with Gasteiger partial charge in [0.1, 0.15) is 18.1 Å². The number of rotatable bonds is 8. The summed E-state index contributed by atoms with van der Waals surface area (Å²) in [6, 6.07) is 10.3. The predicted molar refractivity (Wildman–Crippen MR) is 124 cm³/mol.